The third-order valence-corrected chi connectivity index (χ3v) is 6.40. The minimum Gasteiger partial charge on any atom is -0.422 e. The van der Waals surface area contributed by atoms with Gasteiger partial charge in [-0.2, -0.15) is 0 Å². The largest absolute Gasteiger partial charge is 0.422 e. The highest BCUT2D eigenvalue weighted by Crippen LogP contribution is 2.32. The topological polar surface area (TPSA) is 52.0 Å². The molecule has 2 aromatic rings. The number of piperazine rings is 1. The SMILES string of the molecule is CCCN1CCN(c2ccc3cc(C4C=C5CC(C)C=CN5N4)c(=O)oc3c2)CC1. The van der Waals surface area contributed by atoms with Gasteiger partial charge in [0.1, 0.15) is 5.58 Å². The van der Waals surface area contributed by atoms with E-state index in [9.17, 15) is 4.79 Å². The van der Waals surface area contributed by atoms with Crippen molar-refractivity contribution in [3.63, 3.8) is 0 Å². The van der Waals surface area contributed by atoms with Gasteiger partial charge in [0.05, 0.1) is 11.6 Å². The number of hydrogen-bond donors (Lipinski definition) is 1. The number of nitrogens with zero attached hydrogens (tertiary/aromatic N) is 3. The molecule has 2 atom stereocenters. The molecule has 0 radical (unpaired) electrons. The summed E-state index contributed by atoms with van der Waals surface area (Å²) in [6.07, 6.45) is 8.55. The Kier molecular flexibility index (Phi) is 5.13. The molecule has 6 nitrogen and oxygen atoms in total. The normalized spacial score (nSPS) is 24.4. The Morgan fingerprint density at radius 1 is 1.17 bits per heavy atom. The van der Waals surface area contributed by atoms with Crippen LogP contribution in [-0.4, -0.2) is 42.6 Å². The van der Waals surface area contributed by atoms with E-state index in [2.05, 4.69) is 59.6 Å². The molecule has 1 aromatic heterocycles. The summed E-state index contributed by atoms with van der Waals surface area (Å²) in [6, 6.07) is 8.07. The molecule has 30 heavy (non-hydrogen) atoms. The predicted molar refractivity (Wildman–Crippen MR) is 120 cm³/mol. The van der Waals surface area contributed by atoms with E-state index >= 15 is 0 Å². The number of rotatable bonds is 4. The van der Waals surface area contributed by atoms with Crippen LogP contribution in [0.2, 0.25) is 0 Å². The Morgan fingerprint density at radius 2 is 2.00 bits per heavy atom. The quantitative estimate of drug-likeness (QED) is 0.783. The van der Waals surface area contributed by atoms with Crippen LogP contribution < -0.4 is 16.0 Å². The Labute approximate surface area is 177 Å². The van der Waals surface area contributed by atoms with E-state index in [0.29, 0.717) is 17.1 Å². The summed E-state index contributed by atoms with van der Waals surface area (Å²) >= 11 is 0. The summed E-state index contributed by atoms with van der Waals surface area (Å²) < 4.78 is 5.77. The summed E-state index contributed by atoms with van der Waals surface area (Å²) in [5.41, 5.74) is 6.79. The van der Waals surface area contributed by atoms with Gasteiger partial charge >= 0.3 is 5.63 Å². The van der Waals surface area contributed by atoms with Crippen molar-refractivity contribution in [2.24, 2.45) is 5.92 Å². The van der Waals surface area contributed by atoms with Gasteiger partial charge in [-0.05, 0) is 49.6 Å². The van der Waals surface area contributed by atoms with Crippen LogP contribution in [0.4, 0.5) is 5.69 Å². The maximum Gasteiger partial charge on any atom is 0.341 e. The van der Waals surface area contributed by atoms with Crippen molar-refractivity contribution < 1.29 is 4.42 Å². The van der Waals surface area contributed by atoms with Gasteiger partial charge in [0.2, 0.25) is 0 Å². The fraction of sp³-hybridized carbons (Fsp3) is 0.458. The lowest BCUT2D eigenvalue weighted by atomic mass is 10.0. The van der Waals surface area contributed by atoms with Crippen molar-refractivity contribution in [2.75, 3.05) is 37.6 Å². The lowest BCUT2D eigenvalue weighted by Gasteiger charge is -2.36. The number of hydrogen-bond acceptors (Lipinski definition) is 6. The van der Waals surface area contributed by atoms with E-state index in [1.165, 1.54) is 18.7 Å². The molecule has 3 aliphatic heterocycles. The van der Waals surface area contributed by atoms with Crippen LogP contribution in [0.25, 0.3) is 11.0 Å². The van der Waals surface area contributed by atoms with E-state index in [4.69, 9.17) is 4.42 Å². The standard InChI is InChI=1S/C24H30N4O2/c1-3-7-26-9-11-27(12-10-26)19-5-4-18-14-21(24(29)30-23(18)16-19)22-15-20-13-17(2)6-8-28(20)25-22/h4-6,8,14-17,22,25H,3,7,9-13H2,1-2H3. The smallest absolute Gasteiger partial charge is 0.341 e. The Hall–Kier alpha value is -2.57. The van der Waals surface area contributed by atoms with Crippen LogP contribution in [0, 0.1) is 5.92 Å². The minimum absolute atomic E-state index is 0.151. The van der Waals surface area contributed by atoms with E-state index < -0.39 is 0 Å². The Bertz CT molecular complexity index is 1050. The molecule has 0 spiro atoms. The number of fused-ring (bicyclic) bond motifs is 2. The monoisotopic (exact) mass is 406 g/mol. The van der Waals surface area contributed by atoms with Crippen molar-refractivity contribution in [1.29, 1.82) is 0 Å². The molecule has 2 unspecified atom stereocenters. The van der Waals surface area contributed by atoms with Gasteiger partial charge in [0.25, 0.3) is 0 Å². The lowest BCUT2D eigenvalue weighted by Crippen LogP contribution is -2.46. The predicted octanol–water partition coefficient (Wildman–Crippen LogP) is 3.62. The van der Waals surface area contributed by atoms with Crippen molar-refractivity contribution in [3.05, 3.63) is 64.3 Å². The third kappa shape index (κ3) is 3.66. The van der Waals surface area contributed by atoms with Gasteiger partial charge < -0.3 is 9.32 Å². The second-order valence-electron chi connectivity index (χ2n) is 8.70. The molecule has 0 bridgehead atoms. The first-order valence-corrected chi connectivity index (χ1v) is 11.1. The molecule has 158 valence electrons. The van der Waals surface area contributed by atoms with Crippen LogP contribution in [-0.2, 0) is 0 Å². The molecular formula is C24H30N4O2. The van der Waals surface area contributed by atoms with E-state index in [-0.39, 0.29) is 11.7 Å². The van der Waals surface area contributed by atoms with Crippen LogP contribution >= 0.6 is 0 Å². The molecule has 4 heterocycles. The molecular weight excluding hydrogens is 376 g/mol. The van der Waals surface area contributed by atoms with Crippen LogP contribution in [0.15, 0.2) is 57.5 Å². The van der Waals surface area contributed by atoms with Crippen molar-refractivity contribution in [3.8, 4) is 0 Å². The molecule has 1 aromatic carbocycles. The van der Waals surface area contributed by atoms with Crippen molar-refractivity contribution >= 4 is 16.7 Å². The second kappa shape index (κ2) is 7.93. The second-order valence-corrected chi connectivity index (χ2v) is 8.70. The summed E-state index contributed by atoms with van der Waals surface area (Å²) in [7, 11) is 0. The molecule has 5 rings (SSSR count). The Morgan fingerprint density at radius 3 is 2.80 bits per heavy atom. The van der Waals surface area contributed by atoms with Gasteiger partial charge in [-0.25, -0.2) is 10.2 Å². The summed E-state index contributed by atoms with van der Waals surface area (Å²) in [5.74, 6) is 0.517. The number of nitrogens with one attached hydrogen (secondary N) is 1. The number of allylic oxidation sites excluding steroid dienone is 2. The van der Waals surface area contributed by atoms with Gasteiger partial charge in [0.15, 0.2) is 0 Å². The number of hydrazine groups is 1. The first-order valence-electron chi connectivity index (χ1n) is 11.1. The zero-order valence-electron chi connectivity index (χ0n) is 17.8. The molecule has 0 amide bonds. The molecule has 6 heteroatoms. The zero-order valence-corrected chi connectivity index (χ0v) is 17.8. The number of anilines is 1. The van der Waals surface area contributed by atoms with Crippen LogP contribution in [0.3, 0.4) is 0 Å². The molecule has 1 fully saturated rings. The summed E-state index contributed by atoms with van der Waals surface area (Å²) in [6.45, 7) is 9.78. The van der Waals surface area contributed by atoms with Gasteiger partial charge in [0, 0.05) is 55.2 Å². The van der Waals surface area contributed by atoms with Gasteiger partial charge in [-0.1, -0.05) is 19.9 Å². The van der Waals surface area contributed by atoms with Crippen molar-refractivity contribution in [2.45, 2.75) is 32.7 Å². The highest BCUT2D eigenvalue weighted by molar-refractivity contribution is 5.81. The highest BCUT2D eigenvalue weighted by atomic mass is 16.4. The molecule has 1 N–H and O–H groups in total. The average molecular weight is 407 g/mol. The first-order chi connectivity index (χ1) is 14.6. The maximum atomic E-state index is 12.8. The van der Waals surface area contributed by atoms with E-state index in [1.807, 2.05) is 17.1 Å². The lowest BCUT2D eigenvalue weighted by molar-refractivity contribution is 0.258. The van der Waals surface area contributed by atoms with E-state index in [0.717, 1.165) is 43.7 Å². The molecule has 0 aliphatic carbocycles. The van der Waals surface area contributed by atoms with Crippen LogP contribution in [0.5, 0.6) is 0 Å². The van der Waals surface area contributed by atoms with Gasteiger partial charge in [-0.3, -0.25) is 9.91 Å². The Balaban J connectivity index is 1.38. The van der Waals surface area contributed by atoms with Crippen molar-refractivity contribution in [1.82, 2.24) is 15.3 Å². The fourth-order valence-electron chi connectivity index (χ4n) is 4.71. The number of benzene rings is 1. The molecule has 0 saturated carbocycles. The minimum atomic E-state index is -0.265. The molecule has 3 aliphatic rings. The fourth-order valence-corrected chi connectivity index (χ4v) is 4.71. The van der Waals surface area contributed by atoms with E-state index in [1.54, 1.807) is 0 Å². The summed E-state index contributed by atoms with van der Waals surface area (Å²) in [5, 5.41) is 2.99. The van der Waals surface area contributed by atoms with Crippen LogP contribution in [0.1, 0.15) is 38.3 Å². The van der Waals surface area contributed by atoms with Gasteiger partial charge in [-0.15, -0.1) is 0 Å². The first kappa shape index (κ1) is 19.4. The highest BCUT2D eigenvalue weighted by Gasteiger charge is 2.28. The summed E-state index contributed by atoms with van der Waals surface area (Å²) in [4.78, 5) is 17.7. The average Bonchev–Trinajstić information content (AvgIpc) is 3.16. The maximum absolute atomic E-state index is 12.8. The molecule has 1 saturated heterocycles. The third-order valence-electron chi connectivity index (χ3n) is 6.40. The zero-order chi connectivity index (χ0) is 20.7.